The number of hydrogen-bond acceptors (Lipinski definition) is 7. The van der Waals surface area contributed by atoms with Crippen LogP contribution in [0.1, 0.15) is 29.4 Å². The Kier molecular flexibility index (Phi) is 5.24. The first-order valence-corrected chi connectivity index (χ1v) is 10.3. The van der Waals surface area contributed by atoms with Gasteiger partial charge in [0.1, 0.15) is 0 Å². The zero-order valence-electron chi connectivity index (χ0n) is 16.5. The van der Waals surface area contributed by atoms with Crippen LogP contribution in [0.15, 0.2) is 35.7 Å². The Bertz CT molecular complexity index is 1210. The molecule has 30 heavy (non-hydrogen) atoms. The Hall–Kier alpha value is -3.28. The molecule has 1 N–H and O–H groups in total. The Balaban J connectivity index is 1.72. The standard InChI is InChI=1S/C22H19N3O4S/c1-3-29-20(26)17-18-16(8-12-30-18)23-19(24-17)15-6-4-5-14(13-15)7-9-22(28)10-11-25(2)21(22)27/h4-6,8,12-13,28H,3,10-11H2,1-2H3. The molecule has 1 aliphatic heterocycles. The lowest BCUT2D eigenvalue weighted by Gasteiger charge is -2.13. The van der Waals surface area contributed by atoms with E-state index in [-0.39, 0.29) is 18.7 Å². The van der Waals surface area contributed by atoms with Gasteiger partial charge in [-0.1, -0.05) is 24.0 Å². The van der Waals surface area contributed by atoms with Crippen molar-refractivity contribution in [2.24, 2.45) is 0 Å². The molecule has 1 saturated heterocycles. The minimum Gasteiger partial charge on any atom is -0.461 e. The molecule has 7 nitrogen and oxygen atoms in total. The lowest BCUT2D eigenvalue weighted by molar-refractivity contribution is -0.137. The summed E-state index contributed by atoms with van der Waals surface area (Å²) in [5.74, 6) is 5.09. The van der Waals surface area contributed by atoms with Crippen LogP contribution in [0.3, 0.4) is 0 Å². The van der Waals surface area contributed by atoms with E-state index in [1.54, 1.807) is 32.2 Å². The van der Waals surface area contributed by atoms with Crippen LogP contribution >= 0.6 is 11.3 Å². The van der Waals surface area contributed by atoms with Crippen molar-refractivity contribution in [1.82, 2.24) is 14.9 Å². The second-order valence-corrected chi connectivity index (χ2v) is 7.84. The largest absolute Gasteiger partial charge is 0.461 e. The van der Waals surface area contributed by atoms with Gasteiger partial charge >= 0.3 is 5.97 Å². The first-order chi connectivity index (χ1) is 14.4. The maximum absolute atomic E-state index is 12.4. The number of amides is 1. The van der Waals surface area contributed by atoms with Crippen molar-refractivity contribution in [2.45, 2.75) is 18.9 Å². The van der Waals surface area contributed by atoms with Gasteiger partial charge in [0.15, 0.2) is 11.5 Å². The van der Waals surface area contributed by atoms with Crippen LogP contribution in [0.2, 0.25) is 0 Å². The minimum atomic E-state index is -1.66. The number of likely N-dealkylation sites (N-methyl/N-ethyl adjacent to an activating group) is 1. The number of aliphatic hydroxyl groups is 1. The predicted molar refractivity (Wildman–Crippen MR) is 113 cm³/mol. The van der Waals surface area contributed by atoms with Crippen molar-refractivity contribution >= 4 is 33.4 Å². The fraction of sp³-hybridized carbons (Fsp3) is 0.273. The van der Waals surface area contributed by atoms with Gasteiger partial charge in [-0.15, -0.1) is 11.3 Å². The average molecular weight is 421 g/mol. The number of rotatable bonds is 3. The number of hydrogen-bond donors (Lipinski definition) is 1. The summed E-state index contributed by atoms with van der Waals surface area (Å²) < 4.78 is 5.82. The molecule has 0 saturated carbocycles. The monoisotopic (exact) mass is 421 g/mol. The number of ether oxygens (including phenoxy) is 1. The van der Waals surface area contributed by atoms with Crippen molar-refractivity contribution < 1.29 is 19.4 Å². The molecule has 1 aliphatic rings. The van der Waals surface area contributed by atoms with E-state index in [1.807, 2.05) is 17.5 Å². The molecule has 1 amide bonds. The van der Waals surface area contributed by atoms with Crippen molar-refractivity contribution in [2.75, 3.05) is 20.2 Å². The minimum absolute atomic E-state index is 0.234. The van der Waals surface area contributed by atoms with Crippen molar-refractivity contribution in [3.63, 3.8) is 0 Å². The number of carbonyl (C=O) groups is 2. The van der Waals surface area contributed by atoms with Crippen molar-refractivity contribution in [3.05, 3.63) is 47.0 Å². The molecular weight excluding hydrogens is 402 g/mol. The second-order valence-electron chi connectivity index (χ2n) is 6.92. The summed E-state index contributed by atoms with van der Waals surface area (Å²) in [7, 11) is 1.64. The average Bonchev–Trinajstić information content (AvgIpc) is 3.33. The molecule has 1 fully saturated rings. The van der Waals surface area contributed by atoms with E-state index >= 15 is 0 Å². The van der Waals surface area contributed by atoms with E-state index in [0.29, 0.717) is 33.7 Å². The zero-order valence-corrected chi connectivity index (χ0v) is 17.3. The second kappa shape index (κ2) is 7.86. The van der Waals surface area contributed by atoms with Gasteiger partial charge in [-0.05, 0) is 30.5 Å². The molecule has 1 aromatic carbocycles. The lowest BCUT2D eigenvalue weighted by Crippen LogP contribution is -2.37. The summed E-state index contributed by atoms with van der Waals surface area (Å²) in [6.45, 7) is 2.47. The van der Waals surface area contributed by atoms with E-state index < -0.39 is 17.5 Å². The van der Waals surface area contributed by atoms with Gasteiger partial charge in [-0.3, -0.25) is 4.79 Å². The van der Waals surface area contributed by atoms with Gasteiger partial charge in [-0.25, -0.2) is 14.8 Å². The molecule has 1 atom stereocenters. The van der Waals surface area contributed by atoms with Crippen LogP contribution in [-0.4, -0.2) is 57.7 Å². The van der Waals surface area contributed by atoms with E-state index in [4.69, 9.17) is 4.74 Å². The van der Waals surface area contributed by atoms with Crippen molar-refractivity contribution in [3.8, 4) is 23.2 Å². The van der Waals surface area contributed by atoms with Gasteiger partial charge in [0, 0.05) is 31.1 Å². The zero-order chi connectivity index (χ0) is 21.3. The Morgan fingerprint density at radius 2 is 2.20 bits per heavy atom. The number of fused-ring (bicyclic) bond motifs is 1. The van der Waals surface area contributed by atoms with Gasteiger partial charge in [0.2, 0.25) is 5.60 Å². The van der Waals surface area contributed by atoms with Crippen molar-refractivity contribution in [1.29, 1.82) is 0 Å². The maximum atomic E-state index is 12.4. The molecule has 0 aliphatic carbocycles. The topological polar surface area (TPSA) is 92.6 Å². The van der Waals surface area contributed by atoms with Crippen LogP contribution in [0, 0.1) is 11.8 Å². The normalized spacial score (nSPS) is 18.4. The highest BCUT2D eigenvalue weighted by Gasteiger charge is 2.42. The van der Waals surface area contributed by atoms with Gasteiger partial charge in [0.25, 0.3) is 5.91 Å². The molecule has 1 unspecified atom stereocenters. The fourth-order valence-corrected chi connectivity index (χ4v) is 4.02. The van der Waals surface area contributed by atoms with Crippen LogP contribution in [-0.2, 0) is 9.53 Å². The number of carbonyl (C=O) groups excluding carboxylic acids is 2. The Morgan fingerprint density at radius 1 is 1.37 bits per heavy atom. The first-order valence-electron chi connectivity index (χ1n) is 9.45. The summed E-state index contributed by atoms with van der Waals surface area (Å²) in [4.78, 5) is 34.9. The molecule has 152 valence electrons. The van der Waals surface area contributed by atoms with E-state index in [0.717, 1.165) is 0 Å². The lowest BCUT2D eigenvalue weighted by atomic mass is 10.0. The number of benzene rings is 1. The number of likely N-dealkylation sites (tertiary alicyclic amines) is 1. The summed E-state index contributed by atoms with van der Waals surface area (Å²) in [6, 6.07) is 8.98. The van der Waals surface area contributed by atoms with E-state index in [2.05, 4.69) is 21.8 Å². The maximum Gasteiger partial charge on any atom is 0.358 e. The van der Waals surface area contributed by atoms with E-state index in [9.17, 15) is 14.7 Å². The summed E-state index contributed by atoms with van der Waals surface area (Å²) >= 11 is 1.39. The Labute approximate surface area is 177 Å². The number of aromatic nitrogens is 2. The third-order valence-corrected chi connectivity index (χ3v) is 5.73. The molecule has 8 heteroatoms. The summed E-state index contributed by atoms with van der Waals surface area (Å²) in [5.41, 5.74) is 0.515. The van der Waals surface area contributed by atoms with Gasteiger partial charge < -0.3 is 14.7 Å². The SMILES string of the molecule is CCOC(=O)c1nc(-c2cccc(C#CC3(O)CCN(C)C3=O)c2)nc2ccsc12. The molecule has 0 bridgehead atoms. The number of nitrogens with zero attached hydrogens (tertiary/aromatic N) is 3. The van der Waals surface area contributed by atoms with Gasteiger partial charge in [-0.2, -0.15) is 0 Å². The fourth-order valence-electron chi connectivity index (χ4n) is 3.21. The third kappa shape index (κ3) is 3.65. The van der Waals surface area contributed by atoms with Crippen LogP contribution < -0.4 is 0 Å². The molecular formula is C22H19N3O4S. The number of esters is 1. The smallest absolute Gasteiger partial charge is 0.358 e. The summed E-state index contributed by atoms with van der Waals surface area (Å²) in [5, 5.41) is 12.3. The molecule has 3 heterocycles. The summed E-state index contributed by atoms with van der Waals surface area (Å²) in [6.07, 6.45) is 0.274. The van der Waals surface area contributed by atoms with E-state index in [1.165, 1.54) is 16.2 Å². The number of thiophene rings is 1. The molecule has 4 rings (SSSR count). The van der Waals surface area contributed by atoms with Crippen LogP contribution in [0.25, 0.3) is 21.6 Å². The van der Waals surface area contributed by atoms with Crippen LogP contribution in [0.4, 0.5) is 0 Å². The highest BCUT2D eigenvalue weighted by Crippen LogP contribution is 2.27. The Morgan fingerprint density at radius 3 is 2.93 bits per heavy atom. The first kappa shape index (κ1) is 20.0. The highest BCUT2D eigenvalue weighted by molar-refractivity contribution is 7.17. The molecule has 0 spiro atoms. The predicted octanol–water partition coefficient (Wildman–Crippen LogP) is 2.48. The molecule has 0 radical (unpaired) electrons. The molecule has 3 aromatic rings. The third-order valence-electron chi connectivity index (χ3n) is 4.82. The molecule has 2 aromatic heterocycles. The highest BCUT2D eigenvalue weighted by atomic mass is 32.1. The van der Waals surface area contributed by atoms with Gasteiger partial charge in [0.05, 0.1) is 16.8 Å². The van der Waals surface area contributed by atoms with Crippen LogP contribution in [0.5, 0.6) is 0 Å². The quantitative estimate of drug-likeness (QED) is 0.516.